The van der Waals surface area contributed by atoms with Gasteiger partial charge in [-0.1, -0.05) is 6.07 Å². The van der Waals surface area contributed by atoms with Gasteiger partial charge in [0.2, 0.25) is 0 Å². The maximum atomic E-state index is 13.9. The van der Waals surface area contributed by atoms with Crippen molar-refractivity contribution in [2.75, 3.05) is 24.6 Å². The summed E-state index contributed by atoms with van der Waals surface area (Å²) >= 11 is 0. The van der Waals surface area contributed by atoms with Crippen LogP contribution in [0.15, 0.2) is 18.2 Å². The minimum atomic E-state index is -1.10. The van der Waals surface area contributed by atoms with Crippen LogP contribution in [0.1, 0.15) is 30.1 Å². The SMILES string of the molecule is CCOC1CCN(c2c(F)cccc2C(=O)O)CC1. The fourth-order valence-corrected chi connectivity index (χ4v) is 2.49. The van der Waals surface area contributed by atoms with Crippen LogP contribution in [0.4, 0.5) is 10.1 Å². The fraction of sp³-hybridized carbons (Fsp3) is 0.500. The predicted molar refractivity (Wildman–Crippen MR) is 70.2 cm³/mol. The molecule has 0 radical (unpaired) electrons. The average Bonchev–Trinajstić information content (AvgIpc) is 2.40. The van der Waals surface area contributed by atoms with Gasteiger partial charge in [-0.15, -0.1) is 0 Å². The summed E-state index contributed by atoms with van der Waals surface area (Å²) in [5, 5.41) is 9.14. The minimum absolute atomic E-state index is 0.0230. The highest BCUT2D eigenvalue weighted by molar-refractivity contribution is 5.94. The molecule has 1 N–H and O–H groups in total. The third-order valence-electron chi connectivity index (χ3n) is 3.38. The first-order chi connectivity index (χ1) is 9.13. The molecule has 104 valence electrons. The van der Waals surface area contributed by atoms with Gasteiger partial charge in [0.05, 0.1) is 17.4 Å². The van der Waals surface area contributed by atoms with Crippen LogP contribution in [0, 0.1) is 5.82 Å². The van der Waals surface area contributed by atoms with Gasteiger partial charge in [-0.05, 0) is 31.9 Å². The standard InChI is InChI=1S/C14H18FNO3/c1-2-19-10-6-8-16(9-7-10)13-11(14(17)18)4-3-5-12(13)15/h3-5,10H,2,6-9H2,1H3,(H,17,18). The molecule has 0 atom stereocenters. The zero-order chi connectivity index (χ0) is 13.8. The second-order valence-corrected chi connectivity index (χ2v) is 4.58. The molecule has 19 heavy (non-hydrogen) atoms. The number of para-hydroxylation sites is 1. The molecule has 1 saturated heterocycles. The van der Waals surface area contributed by atoms with Gasteiger partial charge in [0.25, 0.3) is 0 Å². The maximum Gasteiger partial charge on any atom is 0.337 e. The van der Waals surface area contributed by atoms with E-state index < -0.39 is 11.8 Å². The summed E-state index contributed by atoms with van der Waals surface area (Å²) in [5.74, 6) is -1.57. The molecule has 5 heteroatoms. The van der Waals surface area contributed by atoms with Crippen LogP contribution in [0.25, 0.3) is 0 Å². The lowest BCUT2D eigenvalue weighted by atomic mass is 10.0. The van der Waals surface area contributed by atoms with Crippen molar-refractivity contribution in [3.63, 3.8) is 0 Å². The van der Waals surface area contributed by atoms with E-state index in [9.17, 15) is 9.18 Å². The molecular weight excluding hydrogens is 249 g/mol. The summed E-state index contributed by atoms with van der Waals surface area (Å²) in [4.78, 5) is 13.0. The van der Waals surface area contributed by atoms with Crippen molar-refractivity contribution < 1.29 is 19.0 Å². The molecule has 0 unspecified atom stereocenters. The molecule has 1 aromatic rings. The highest BCUT2D eigenvalue weighted by atomic mass is 19.1. The van der Waals surface area contributed by atoms with Crippen LogP contribution >= 0.6 is 0 Å². The van der Waals surface area contributed by atoms with Crippen molar-refractivity contribution in [2.24, 2.45) is 0 Å². The van der Waals surface area contributed by atoms with Crippen LogP contribution in [0.5, 0.6) is 0 Å². The van der Waals surface area contributed by atoms with E-state index >= 15 is 0 Å². The topological polar surface area (TPSA) is 49.8 Å². The van der Waals surface area contributed by atoms with Gasteiger partial charge in [0.1, 0.15) is 5.82 Å². The zero-order valence-electron chi connectivity index (χ0n) is 10.9. The molecule has 4 nitrogen and oxygen atoms in total. The number of halogens is 1. The van der Waals surface area contributed by atoms with Gasteiger partial charge in [0.15, 0.2) is 0 Å². The monoisotopic (exact) mass is 267 g/mol. The van der Waals surface area contributed by atoms with Crippen molar-refractivity contribution in [3.8, 4) is 0 Å². The number of ether oxygens (including phenoxy) is 1. The molecule has 0 saturated carbocycles. The summed E-state index contributed by atoms with van der Waals surface area (Å²) < 4.78 is 19.4. The smallest absolute Gasteiger partial charge is 0.337 e. The number of carboxylic acid groups (broad SMARTS) is 1. The van der Waals surface area contributed by atoms with Crippen LogP contribution in [0.2, 0.25) is 0 Å². The quantitative estimate of drug-likeness (QED) is 0.910. The molecule has 1 heterocycles. The molecule has 1 aromatic carbocycles. The lowest BCUT2D eigenvalue weighted by Gasteiger charge is -2.34. The molecule has 0 aromatic heterocycles. The predicted octanol–water partition coefficient (Wildman–Crippen LogP) is 2.53. The van der Waals surface area contributed by atoms with E-state index in [0.29, 0.717) is 19.7 Å². The van der Waals surface area contributed by atoms with Crippen LogP contribution in [0.3, 0.4) is 0 Å². The summed E-state index contributed by atoms with van der Waals surface area (Å²) in [6.07, 6.45) is 1.78. The fourth-order valence-electron chi connectivity index (χ4n) is 2.49. The van der Waals surface area contributed by atoms with Crippen LogP contribution < -0.4 is 4.90 Å². The Morgan fingerprint density at radius 3 is 2.74 bits per heavy atom. The van der Waals surface area contributed by atoms with Crippen molar-refractivity contribution >= 4 is 11.7 Å². The first-order valence-corrected chi connectivity index (χ1v) is 6.51. The van der Waals surface area contributed by atoms with Crippen LogP contribution in [-0.2, 0) is 4.74 Å². The zero-order valence-corrected chi connectivity index (χ0v) is 10.9. The Kier molecular flexibility index (Phi) is 4.37. The van der Waals surface area contributed by atoms with E-state index in [0.717, 1.165) is 12.8 Å². The van der Waals surface area contributed by atoms with Gasteiger partial charge in [-0.25, -0.2) is 9.18 Å². The Balaban J connectivity index is 2.17. The van der Waals surface area contributed by atoms with Crippen LogP contribution in [-0.4, -0.2) is 36.9 Å². The maximum absolute atomic E-state index is 13.9. The first kappa shape index (κ1) is 13.8. The summed E-state index contributed by atoms with van der Waals surface area (Å²) in [5.41, 5.74) is 0.222. The number of hydrogen-bond acceptors (Lipinski definition) is 3. The number of nitrogens with zero attached hydrogens (tertiary/aromatic N) is 1. The summed E-state index contributed by atoms with van der Waals surface area (Å²) in [6.45, 7) is 3.86. The van der Waals surface area contributed by atoms with Crippen molar-refractivity contribution in [1.82, 2.24) is 0 Å². The van der Waals surface area contributed by atoms with Gasteiger partial charge in [-0.3, -0.25) is 0 Å². The molecule has 1 fully saturated rings. The molecule has 0 amide bonds. The molecule has 0 aliphatic carbocycles. The third kappa shape index (κ3) is 3.04. The van der Waals surface area contributed by atoms with Gasteiger partial charge < -0.3 is 14.7 Å². The normalized spacial score (nSPS) is 16.6. The van der Waals surface area contributed by atoms with E-state index in [2.05, 4.69) is 0 Å². The largest absolute Gasteiger partial charge is 0.478 e. The Morgan fingerprint density at radius 2 is 2.16 bits per heavy atom. The Hall–Kier alpha value is -1.62. The number of piperidine rings is 1. The van der Waals surface area contributed by atoms with E-state index in [4.69, 9.17) is 9.84 Å². The second-order valence-electron chi connectivity index (χ2n) is 4.58. The van der Waals surface area contributed by atoms with E-state index in [-0.39, 0.29) is 17.4 Å². The number of aromatic carboxylic acids is 1. The third-order valence-corrected chi connectivity index (χ3v) is 3.38. The lowest BCUT2D eigenvalue weighted by Crippen LogP contribution is -2.38. The highest BCUT2D eigenvalue weighted by Gasteiger charge is 2.25. The van der Waals surface area contributed by atoms with Gasteiger partial charge in [-0.2, -0.15) is 0 Å². The van der Waals surface area contributed by atoms with Gasteiger partial charge in [0, 0.05) is 19.7 Å². The van der Waals surface area contributed by atoms with Gasteiger partial charge >= 0.3 is 5.97 Å². The summed E-state index contributed by atoms with van der Waals surface area (Å²) in [6, 6.07) is 4.17. The number of hydrogen-bond donors (Lipinski definition) is 1. The first-order valence-electron chi connectivity index (χ1n) is 6.51. The van der Waals surface area contributed by atoms with Crippen molar-refractivity contribution in [1.29, 1.82) is 0 Å². The highest BCUT2D eigenvalue weighted by Crippen LogP contribution is 2.28. The number of benzene rings is 1. The molecule has 1 aliphatic heterocycles. The number of rotatable bonds is 4. The molecule has 0 bridgehead atoms. The van der Waals surface area contributed by atoms with E-state index in [1.165, 1.54) is 18.2 Å². The van der Waals surface area contributed by atoms with Crippen molar-refractivity contribution in [2.45, 2.75) is 25.9 Å². The van der Waals surface area contributed by atoms with Crippen molar-refractivity contribution in [3.05, 3.63) is 29.6 Å². The second kappa shape index (κ2) is 6.02. The minimum Gasteiger partial charge on any atom is -0.478 e. The number of anilines is 1. The molecule has 2 rings (SSSR count). The molecule has 1 aliphatic rings. The lowest BCUT2D eigenvalue weighted by molar-refractivity contribution is 0.0458. The number of carbonyl (C=O) groups is 1. The summed E-state index contributed by atoms with van der Waals surface area (Å²) in [7, 11) is 0. The Labute approximate surface area is 111 Å². The molecule has 0 spiro atoms. The Bertz CT molecular complexity index is 456. The van der Waals surface area contributed by atoms with E-state index in [1.54, 1.807) is 4.90 Å². The van der Waals surface area contributed by atoms with E-state index in [1.807, 2.05) is 6.92 Å². The Morgan fingerprint density at radius 1 is 1.47 bits per heavy atom. The molecular formula is C14H18FNO3. The number of carboxylic acids is 1. The average molecular weight is 267 g/mol.